The van der Waals surface area contributed by atoms with E-state index in [2.05, 4.69) is 49.1 Å². The summed E-state index contributed by atoms with van der Waals surface area (Å²) in [5.74, 6) is 0.586. The molecule has 8 nitrogen and oxygen atoms in total. The second-order valence-corrected chi connectivity index (χ2v) is 7.62. The summed E-state index contributed by atoms with van der Waals surface area (Å²) in [6, 6.07) is 3.51. The van der Waals surface area contributed by atoms with Gasteiger partial charge in [-0.05, 0) is 38.0 Å². The Balaban J connectivity index is 1.49. The molecule has 0 saturated carbocycles. The summed E-state index contributed by atoms with van der Waals surface area (Å²) < 4.78 is 15.7. The lowest BCUT2D eigenvalue weighted by molar-refractivity contribution is 0.612. The highest BCUT2D eigenvalue weighted by Crippen LogP contribution is 2.26. The van der Waals surface area contributed by atoms with Crippen LogP contribution in [-0.4, -0.2) is 41.0 Å². The van der Waals surface area contributed by atoms with Gasteiger partial charge in [0.25, 0.3) is 0 Å². The zero-order valence-electron chi connectivity index (χ0n) is 17.2. The highest BCUT2D eigenvalue weighted by molar-refractivity contribution is 5.85. The van der Waals surface area contributed by atoms with E-state index in [1.54, 1.807) is 18.7 Å². The molecule has 0 aliphatic carbocycles. The molecule has 9 heteroatoms. The number of anilines is 1. The summed E-state index contributed by atoms with van der Waals surface area (Å²) in [6.45, 7) is 4.76. The third-order valence-electron chi connectivity index (χ3n) is 5.20. The standard InChI is InChI=1S/C22H21FN8/c1-13(2)31-12-28-19-21(26-6-3-14-9-27-18-4-5-24-11-17(14)18)29-20(30-22(19)31)15-7-16(23)10-25-8-15/h4-5,7-13,27H,3,6H2,1-2H3,(H,26,29,30). The molecule has 0 atom stereocenters. The number of halogens is 1. The van der Waals surface area contributed by atoms with Crippen molar-refractivity contribution in [2.75, 3.05) is 11.9 Å². The van der Waals surface area contributed by atoms with E-state index in [0.29, 0.717) is 34.9 Å². The minimum atomic E-state index is -0.430. The van der Waals surface area contributed by atoms with Crippen molar-refractivity contribution in [1.29, 1.82) is 0 Å². The summed E-state index contributed by atoms with van der Waals surface area (Å²) in [4.78, 5) is 25.2. The van der Waals surface area contributed by atoms with E-state index in [1.807, 2.05) is 23.0 Å². The molecule has 0 unspecified atom stereocenters. The first-order valence-corrected chi connectivity index (χ1v) is 10.1. The van der Waals surface area contributed by atoms with Gasteiger partial charge >= 0.3 is 0 Å². The lowest BCUT2D eigenvalue weighted by atomic mass is 10.1. The number of nitrogens with zero attached hydrogens (tertiary/aromatic N) is 6. The SMILES string of the molecule is CC(C)n1cnc2c(NCCc3c[nH]c4ccncc34)nc(-c3cncc(F)c3)nc21. The largest absolute Gasteiger partial charge is 0.368 e. The van der Waals surface area contributed by atoms with Gasteiger partial charge in [-0.25, -0.2) is 19.3 Å². The lowest BCUT2D eigenvalue weighted by Gasteiger charge is -2.11. The number of H-pyrrole nitrogens is 1. The minimum absolute atomic E-state index is 0.171. The Labute approximate surface area is 177 Å². The quantitative estimate of drug-likeness (QED) is 0.432. The smallest absolute Gasteiger partial charge is 0.166 e. The summed E-state index contributed by atoms with van der Waals surface area (Å²) in [5.41, 5.74) is 4.13. The van der Waals surface area contributed by atoms with Gasteiger partial charge in [0.2, 0.25) is 0 Å². The van der Waals surface area contributed by atoms with Crippen molar-refractivity contribution in [3.8, 4) is 11.4 Å². The first kappa shape index (κ1) is 19.1. The average Bonchev–Trinajstić information content (AvgIpc) is 3.38. The summed E-state index contributed by atoms with van der Waals surface area (Å²) in [5, 5.41) is 4.50. The lowest BCUT2D eigenvalue weighted by Crippen LogP contribution is -2.09. The van der Waals surface area contributed by atoms with Gasteiger partial charge in [0.1, 0.15) is 11.3 Å². The average molecular weight is 416 g/mol. The van der Waals surface area contributed by atoms with Crippen LogP contribution in [0.3, 0.4) is 0 Å². The number of hydrogen-bond donors (Lipinski definition) is 2. The Morgan fingerprint density at radius 3 is 2.90 bits per heavy atom. The molecule has 5 heterocycles. The third-order valence-corrected chi connectivity index (χ3v) is 5.20. The van der Waals surface area contributed by atoms with Gasteiger partial charge in [0.05, 0.1) is 12.5 Å². The van der Waals surface area contributed by atoms with E-state index in [4.69, 9.17) is 0 Å². The second-order valence-electron chi connectivity index (χ2n) is 7.62. The van der Waals surface area contributed by atoms with E-state index in [1.165, 1.54) is 11.6 Å². The predicted octanol–water partition coefficient (Wildman–Crippen LogP) is 4.14. The van der Waals surface area contributed by atoms with Crippen molar-refractivity contribution >= 4 is 27.9 Å². The van der Waals surface area contributed by atoms with E-state index in [9.17, 15) is 4.39 Å². The number of fused-ring (bicyclic) bond motifs is 2. The van der Waals surface area contributed by atoms with Crippen LogP contribution in [0.2, 0.25) is 0 Å². The van der Waals surface area contributed by atoms with Crippen LogP contribution in [0.4, 0.5) is 10.2 Å². The molecule has 0 aliphatic rings. The highest BCUT2D eigenvalue weighted by Gasteiger charge is 2.16. The molecule has 0 fully saturated rings. The predicted molar refractivity (Wildman–Crippen MR) is 117 cm³/mol. The van der Waals surface area contributed by atoms with Crippen LogP contribution in [0.15, 0.2) is 49.4 Å². The monoisotopic (exact) mass is 416 g/mol. The Morgan fingerprint density at radius 1 is 1.16 bits per heavy atom. The normalized spacial score (nSPS) is 11.6. The van der Waals surface area contributed by atoms with Crippen LogP contribution in [0.1, 0.15) is 25.5 Å². The molecule has 0 amide bonds. The van der Waals surface area contributed by atoms with Crippen molar-refractivity contribution in [3.63, 3.8) is 0 Å². The molecule has 0 aromatic carbocycles. The summed E-state index contributed by atoms with van der Waals surface area (Å²) in [7, 11) is 0. The first-order valence-electron chi connectivity index (χ1n) is 10.1. The first-order chi connectivity index (χ1) is 15.1. The van der Waals surface area contributed by atoms with E-state index in [-0.39, 0.29) is 6.04 Å². The maximum atomic E-state index is 13.7. The van der Waals surface area contributed by atoms with E-state index in [0.717, 1.165) is 23.5 Å². The van der Waals surface area contributed by atoms with E-state index < -0.39 is 5.82 Å². The maximum Gasteiger partial charge on any atom is 0.166 e. The molecule has 0 spiro atoms. The molecule has 0 saturated heterocycles. The number of aromatic nitrogens is 7. The molecule has 2 N–H and O–H groups in total. The molecule has 0 aliphatic heterocycles. The van der Waals surface area contributed by atoms with Crippen molar-refractivity contribution in [1.82, 2.24) is 34.5 Å². The maximum absolute atomic E-state index is 13.7. The van der Waals surface area contributed by atoms with Crippen LogP contribution < -0.4 is 5.32 Å². The fourth-order valence-corrected chi connectivity index (χ4v) is 3.62. The number of imidazole rings is 1. The van der Waals surface area contributed by atoms with Gasteiger partial charge in [-0.1, -0.05) is 0 Å². The topological polar surface area (TPSA) is 97.2 Å². The van der Waals surface area contributed by atoms with Crippen molar-refractivity contribution in [3.05, 3.63) is 60.8 Å². The Bertz CT molecular complexity index is 1370. The van der Waals surface area contributed by atoms with Crippen LogP contribution in [-0.2, 0) is 6.42 Å². The molecule has 156 valence electrons. The van der Waals surface area contributed by atoms with Crippen LogP contribution in [0.5, 0.6) is 0 Å². The number of aromatic amines is 1. The third kappa shape index (κ3) is 3.58. The van der Waals surface area contributed by atoms with Gasteiger partial charge < -0.3 is 14.9 Å². The summed E-state index contributed by atoms with van der Waals surface area (Å²) >= 11 is 0. The molecule has 5 rings (SSSR count). The molecule has 5 aromatic heterocycles. The molecule has 0 radical (unpaired) electrons. The van der Waals surface area contributed by atoms with Gasteiger partial charge in [0, 0.05) is 53.8 Å². The number of nitrogens with one attached hydrogen (secondary N) is 2. The van der Waals surface area contributed by atoms with Crippen molar-refractivity contribution in [2.24, 2.45) is 0 Å². The van der Waals surface area contributed by atoms with Gasteiger partial charge in [-0.15, -0.1) is 0 Å². The van der Waals surface area contributed by atoms with Crippen LogP contribution in [0.25, 0.3) is 33.5 Å². The highest BCUT2D eigenvalue weighted by atomic mass is 19.1. The number of hydrogen-bond acceptors (Lipinski definition) is 6. The van der Waals surface area contributed by atoms with Crippen LogP contribution >= 0.6 is 0 Å². The molecule has 31 heavy (non-hydrogen) atoms. The number of pyridine rings is 2. The van der Waals surface area contributed by atoms with E-state index >= 15 is 0 Å². The zero-order valence-corrected chi connectivity index (χ0v) is 17.2. The van der Waals surface area contributed by atoms with Crippen molar-refractivity contribution in [2.45, 2.75) is 26.3 Å². The van der Waals surface area contributed by atoms with Gasteiger partial charge in [0.15, 0.2) is 17.3 Å². The zero-order chi connectivity index (χ0) is 21.4. The minimum Gasteiger partial charge on any atom is -0.368 e. The molecular weight excluding hydrogens is 395 g/mol. The molecule has 0 bridgehead atoms. The van der Waals surface area contributed by atoms with Crippen molar-refractivity contribution < 1.29 is 4.39 Å². The number of rotatable bonds is 6. The molecule has 5 aromatic rings. The van der Waals surface area contributed by atoms with Gasteiger partial charge in [-0.3, -0.25) is 9.97 Å². The Hall–Kier alpha value is -3.88. The van der Waals surface area contributed by atoms with Crippen LogP contribution in [0, 0.1) is 5.82 Å². The summed E-state index contributed by atoms with van der Waals surface area (Å²) in [6.07, 6.45) is 10.9. The Morgan fingerprint density at radius 2 is 2.06 bits per heavy atom. The second kappa shape index (κ2) is 7.75. The Kier molecular flexibility index (Phi) is 4.78. The molecular formula is C22H21FN8. The fourth-order valence-electron chi connectivity index (χ4n) is 3.62. The van der Waals surface area contributed by atoms with Gasteiger partial charge in [-0.2, -0.15) is 0 Å². The fraction of sp³-hybridized carbons (Fsp3) is 0.227.